The van der Waals surface area contributed by atoms with Crippen LogP contribution in [0.5, 0.6) is 0 Å². The van der Waals surface area contributed by atoms with E-state index in [0.717, 1.165) is 21.9 Å². The van der Waals surface area contributed by atoms with Crippen LogP contribution in [-0.2, 0) is 9.53 Å². The molecule has 2 heterocycles. The lowest BCUT2D eigenvalue weighted by atomic mass is 10.1. The summed E-state index contributed by atoms with van der Waals surface area (Å²) in [5.74, 6) is 0.185. The van der Waals surface area contributed by atoms with E-state index < -0.39 is 0 Å². The molecule has 1 aliphatic rings. The minimum absolute atomic E-state index is 0.215. The number of amides is 1. The third-order valence-corrected chi connectivity index (χ3v) is 4.41. The molecular weight excluding hydrogens is 354 g/mol. The molecule has 1 fully saturated rings. The molecule has 28 heavy (non-hydrogen) atoms. The lowest BCUT2D eigenvalue weighted by Crippen LogP contribution is -2.26. The summed E-state index contributed by atoms with van der Waals surface area (Å²) in [5, 5.41) is 15.6. The monoisotopic (exact) mass is 373 g/mol. The van der Waals surface area contributed by atoms with E-state index in [1.54, 1.807) is 25.6 Å². The maximum absolute atomic E-state index is 12.4. The molecule has 1 aromatic heterocycles. The smallest absolute Gasteiger partial charge is 0.274 e. The first kappa shape index (κ1) is 17.8. The van der Waals surface area contributed by atoms with Crippen molar-refractivity contribution in [1.82, 2.24) is 20.8 Å². The highest BCUT2D eigenvalue weighted by Gasteiger charge is 2.23. The zero-order valence-electron chi connectivity index (χ0n) is 15.3. The minimum Gasteiger partial charge on any atom is -0.382 e. The lowest BCUT2D eigenvalue weighted by molar-refractivity contribution is -0.115. The summed E-state index contributed by atoms with van der Waals surface area (Å²) >= 11 is 0. The fraction of sp³-hybridized carbons (Fsp3) is 0.143. The van der Waals surface area contributed by atoms with Gasteiger partial charge in [0, 0.05) is 17.9 Å². The highest BCUT2D eigenvalue weighted by Crippen LogP contribution is 2.19. The molecule has 1 atom stereocenters. The van der Waals surface area contributed by atoms with Crippen LogP contribution >= 0.6 is 0 Å². The van der Waals surface area contributed by atoms with Gasteiger partial charge in [-0.3, -0.25) is 10.1 Å². The summed E-state index contributed by atoms with van der Waals surface area (Å²) in [5.41, 5.74) is 2.33. The molecule has 2 aromatic carbocycles. The fourth-order valence-corrected chi connectivity index (χ4v) is 3.02. The van der Waals surface area contributed by atoms with E-state index in [1.165, 1.54) is 0 Å². The number of methoxy groups -OCH3 is 1. The quantitative estimate of drug-likeness (QED) is 0.671. The predicted molar refractivity (Wildman–Crippen MR) is 107 cm³/mol. The number of carbonyl (C=O) groups excluding carboxylic acids is 1. The van der Waals surface area contributed by atoms with Crippen LogP contribution in [0.15, 0.2) is 71.6 Å². The molecule has 1 unspecified atom stereocenters. The molecule has 1 aliphatic heterocycles. The van der Waals surface area contributed by atoms with Gasteiger partial charge in [0.25, 0.3) is 5.91 Å². The second kappa shape index (κ2) is 7.98. The Labute approximate surface area is 162 Å². The van der Waals surface area contributed by atoms with Crippen molar-refractivity contribution in [1.29, 1.82) is 0 Å². The largest absolute Gasteiger partial charge is 0.382 e. The average Bonchev–Trinajstić information content (AvgIpc) is 3.07. The molecule has 0 spiro atoms. The second-order valence-corrected chi connectivity index (χ2v) is 6.37. The van der Waals surface area contributed by atoms with Crippen molar-refractivity contribution in [2.24, 2.45) is 4.99 Å². The predicted octanol–water partition coefficient (Wildman–Crippen LogP) is 2.43. The van der Waals surface area contributed by atoms with Crippen molar-refractivity contribution < 1.29 is 9.53 Å². The van der Waals surface area contributed by atoms with E-state index in [1.807, 2.05) is 48.5 Å². The Morgan fingerprint density at radius 1 is 1.07 bits per heavy atom. The Hall–Kier alpha value is -3.58. The third-order valence-electron chi connectivity index (χ3n) is 4.41. The number of carbonyl (C=O) groups is 1. The fourth-order valence-electron chi connectivity index (χ4n) is 3.02. The summed E-state index contributed by atoms with van der Waals surface area (Å²) in [6.45, 7) is 0.413. The number of nitrogens with one attached hydrogen (secondary N) is 2. The van der Waals surface area contributed by atoms with Gasteiger partial charge in [-0.1, -0.05) is 42.5 Å². The van der Waals surface area contributed by atoms with Crippen molar-refractivity contribution in [2.75, 3.05) is 13.7 Å². The van der Waals surface area contributed by atoms with Gasteiger partial charge in [0.2, 0.25) is 5.96 Å². The molecule has 0 bridgehead atoms. The maximum Gasteiger partial charge on any atom is 0.274 e. The third kappa shape index (κ3) is 3.89. The molecule has 2 N–H and O–H groups in total. The van der Waals surface area contributed by atoms with Gasteiger partial charge in [0.15, 0.2) is 0 Å². The van der Waals surface area contributed by atoms with Crippen molar-refractivity contribution in [3.05, 3.63) is 77.7 Å². The van der Waals surface area contributed by atoms with Gasteiger partial charge < -0.3 is 10.1 Å². The highest BCUT2D eigenvalue weighted by molar-refractivity contribution is 6.15. The average molecular weight is 373 g/mol. The van der Waals surface area contributed by atoms with Gasteiger partial charge in [0.05, 0.1) is 19.0 Å². The van der Waals surface area contributed by atoms with Crippen LogP contribution in [0.2, 0.25) is 0 Å². The number of rotatable bonds is 5. The Morgan fingerprint density at radius 3 is 2.64 bits per heavy atom. The molecule has 0 aliphatic carbocycles. The molecule has 0 saturated carbocycles. The number of ether oxygens (including phenoxy) is 1. The number of hydrogen-bond donors (Lipinski definition) is 2. The Kier molecular flexibility index (Phi) is 5.07. The number of fused-ring (bicyclic) bond motifs is 1. The first-order valence-electron chi connectivity index (χ1n) is 8.85. The molecule has 7 heteroatoms. The first-order chi connectivity index (χ1) is 13.7. The van der Waals surface area contributed by atoms with E-state index in [0.29, 0.717) is 18.3 Å². The summed E-state index contributed by atoms with van der Waals surface area (Å²) < 4.78 is 5.29. The van der Waals surface area contributed by atoms with Crippen LogP contribution in [0.1, 0.15) is 17.2 Å². The number of benzene rings is 2. The molecule has 4 rings (SSSR count). The second-order valence-electron chi connectivity index (χ2n) is 6.37. The molecule has 1 saturated heterocycles. The number of hydrogen-bond acceptors (Lipinski definition) is 5. The summed E-state index contributed by atoms with van der Waals surface area (Å²) in [6.07, 6.45) is 5.18. The summed E-state index contributed by atoms with van der Waals surface area (Å²) in [4.78, 5) is 17.0. The number of nitrogens with zero attached hydrogens (tertiary/aromatic N) is 3. The number of guanidine groups is 1. The van der Waals surface area contributed by atoms with Crippen molar-refractivity contribution in [2.45, 2.75) is 6.04 Å². The van der Waals surface area contributed by atoms with E-state index in [9.17, 15) is 4.79 Å². The van der Waals surface area contributed by atoms with Crippen LogP contribution in [0, 0.1) is 0 Å². The summed E-state index contributed by atoms with van der Waals surface area (Å²) in [7, 11) is 1.63. The highest BCUT2D eigenvalue weighted by atomic mass is 16.5. The topological polar surface area (TPSA) is 88.5 Å². The van der Waals surface area contributed by atoms with Crippen LogP contribution < -0.4 is 10.6 Å². The van der Waals surface area contributed by atoms with E-state index in [-0.39, 0.29) is 11.9 Å². The molecule has 1 amide bonds. The normalized spacial score (nSPS) is 17.7. The van der Waals surface area contributed by atoms with Gasteiger partial charge in [0.1, 0.15) is 11.7 Å². The molecule has 0 radical (unpaired) electrons. The zero-order chi connectivity index (χ0) is 19.3. The van der Waals surface area contributed by atoms with Crippen molar-refractivity contribution in [3.8, 4) is 0 Å². The van der Waals surface area contributed by atoms with E-state index >= 15 is 0 Å². The van der Waals surface area contributed by atoms with E-state index in [4.69, 9.17) is 4.74 Å². The number of aromatic nitrogens is 2. The van der Waals surface area contributed by atoms with E-state index in [2.05, 4.69) is 25.8 Å². The SMILES string of the molecule is COCC(N=C1NC(=O)/C(=C/c2ccc3cnncc3c2)N1)c1ccccc1. The standard InChI is InChI=1S/C21H19N5O2/c1-28-13-19(15-5-3-2-4-6-15)25-21-24-18(20(27)26-21)10-14-7-8-16-11-22-23-12-17(16)9-14/h2-12,19H,13H2,1H3,(H2,24,25,26,27)/b18-10-. The minimum atomic E-state index is -0.226. The molecule has 140 valence electrons. The molecule has 3 aromatic rings. The Balaban J connectivity index is 1.58. The van der Waals surface area contributed by atoms with Gasteiger partial charge in [-0.15, -0.1) is 0 Å². The van der Waals surface area contributed by atoms with Crippen LogP contribution in [0.4, 0.5) is 0 Å². The maximum atomic E-state index is 12.4. The molecule has 7 nitrogen and oxygen atoms in total. The Bertz CT molecular complexity index is 1060. The first-order valence-corrected chi connectivity index (χ1v) is 8.85. The Morgan fingerprint density at radius 2 is 1.86 bits per heavy atom. The number of aliphatic imine (C=N–C) groups is 1. The van der Waals surface area contributed by atoms with Gasteiger partial charge >= 0.3 is 0 Å². The van der Waals surface area contributed by atoms with Crippen molar-refractivity contribution in [3.63, 3.8) is 0 Å². The summed E-state index contributed by atoms with van der Waals surface area (Å²) in [6, 6.07) is 15.4. The van der Waals surface area contributed by atoms with Crippen LogP contribution in [0.3, 0.4) is 0 Å². The van der Waals surface area contributed by atoms with Crippen LogP contribution in [0.25, 0.3) is 16.8 Å². The van der Waals surface area contributed by atoms with Gasteiger partial charge in [-0.05, 0) is 23.3 Å². The molecular formula is C21H19N5O2. The van der Waals surface area contributed by atoms with Gasteiger partial charge in [-0.2, -0.15) is 10.2 Å². The lowest BCUT2D eigenvalue weighted by Gasteiger charge is -2.12. The van der Waals surface area contributed by atoms with Gasteiger partial charge in [-0.25, -0.2) is 4.99 Å². The van der Waals surface area contributed by atoms with Crippen molar-refractivity contribution >= 4 is 28.7 Å². The van der Waals surface area contributed by atoms with Crippen LogP contribution in [-0.4, -0.2) is 35.8 Å². The zero-order valence-corrected chi connectivity index (χ0v) is 15.3.